The molecule has 1 amide bonds. The van der Waals surface area contributed by atoms with E-state index in [1.54, 1.807) is 24.4 Å². The van der Waals surface area contributed by atoms with E-state index in [-0.39, 0.29) is 17.2 Å². The number of aromatic nitrogens is 2. The van der Waals surface area contributed by atoms with Gasteiger partial charge >= 0.3 is 0 Å². The number of nitrogens with zero attached hydrogens (tertiary/aromatic N) is 2. The van der Waals surface area contributed by atoms with Gasteiger partial charge in [0.1, 0.15) is 11.9 Å². The molecule has 2 aromatic carbocycles. The predicted molar refractivity (Wildman–Crippen MR) is 111 cm³/mol. The van der Waals surface area contributed by atoms with Gasteiger partial charge < -0.3 is 9.88 Å². The first-order valence-electron chi connectivity index (χ1n) is 8.40. The van der Waals surface area contributed by atoms with Gasteiger partial charge in [0, 0.05) is 29.4 Å². The molecule has 0 aliphatic rings. The molecular weight excluding hydrogens is 401 g/mol. The first-order valence-corrected chi connectivity index (χ1v) is 10.0. The quantitative estimate of drug-likeness (QED) is 0.564. The van der Waals surface area contributed by atoms with Crippen LogP contribution in [0.5, 0.6) is 0 Å². The lowest BCUT2D eigenvalue weighted by molar-refractivity contribution is -0.120. The van der Waals surface area contributed by atoms with E-state index in [1.807, 2.05) is 55.1 Å². The molecule has 140 valence electrons. The van der Waals surface area contributed by atoms with Crippen LogP contribution in [0.2, 0.25) is 10.0 Å². The highest BCUT2D eigenvalue weighted by Crippen LogP contribution is 2.33. The molecule has 1 N–H and O–H groups in total. The van der Waals surface area contributed by atoms with Crippen molar-refractivity contribution in [3.8, 4) is 0 Å². The van der Waals surface area contributed by atoms with Crippen LogP contribution in [0, 0.1) is 0 Å². The van der Waals surface area contributed by atoms with Crippen LogP contribution >= 0.6 is 35.0 Å². The average Bonchev–Trinajstić information content (AvgIpc) is 3.09. The molecule has 1 aromatic heterocycles. The van der Waals surface area contributed by atoms with Crippen molar-refractivity contribution < 1.29 is 4.79 Å². The van der Waals surface area contributed by atoms with E-state index in [0.29, 0.717) is 10.0 Å². The maximum Gasteiger partial charge on any atom is 0.234 e. The van der Waals surface area contributed by atoms with Crippen molar-refractivity contribution in [1.82, 2.24) is 14.9 Å². The van der Waals surface area contributed by atoms with Gasteiger partial charge in [-0.05, 0) is 30.7 Å². The molecular formula is C20H19Cl2N3OS. The minimum atomic E-state index is -0.354. The van der Waals surface area contributed by atoms with E-state index in [9.17, 15) is 4.79 Å². The highest BCUT2D eigenvalue weighted by molar-refractivity contribution is 8.00. The largest absolute Gasteiger partial charge is 0.341 e. The van der Waals surface area contributed by atoms with E-state index in [4.69, 9.17) is 23.2 Å². The third-order valence-electron chi connectivity index (χ3n) is 4.10. The molecule has 3 rings (SSSR count). The van der Waals surface area contributed by atoms with Gasteiger partial charge in [0.05, 0.1) is 10.3 Å². The maximum absolute atomic E-state index is 12.9. The first kappa shape index (κ1) is 19.8. The summed E-state index contributed by atoms with van der Waals surface area (Å²) in [6.45, 7) is 1.84. The Balaban J connectivity index is 1.80. The van der Waals surface area contributed by atoms with Crippen molar-refractivity contribution >= 4 is 40.9 Å². The van der Waals surface area contributed by atoms with Crippen LogP contribution in [-0.2, 0) is 11.8 Å². The summed E-state index contributed by atoms with van der Waals surface area (Å²) in [7, 11) is 1.91. The van der Waals surface area contributed by atoms with Gasteiger partial charge in [0.2, 0.25) is 5.91 Å². The molecule has 27 heavy (non-hydrogen) atoms. The minimum absolute atomic E-state index is 0.104. The highest BCUT2D eigenvalue weighted by atomic mass is 35.5. The fourth-order valence-corrected chi connectivity index (χ4v) is 4.09. The summed E-state index contributed by atoms with van der Waals surface area (Å²) in [5.74, 6) is 0.667. The molecule has 3 aromatic rings. The van der Waals surface area contributed by atoms with Crippen LogP contribution in [0.25, 0.3) is 0 Å². The Morgan fingerprint density at radius 2 is 1.93 bits per heavy atom. The Labute approximate surface area is 172 Å². The Bertz CT molecular complexity index is 930. The summed E-state index contributed by atoms with van der Waals surface area (Å²) < 4.78 is 1.91. The van der Waals surface area contributed by atoms with Crippen LogP contribution < -0.4 is 5.32 Å². The van der Waals surface area contributed by atoms with Gasteiger partial charge in [-0.3, -0.25) is 4.79 Å². The fraction of sp³-hybridized carbons (Fsp3) is 0.200. The third kappa shape index (κ3) is 4.86. The molecule has 2 unspecified atom stereocenters. The van der Waals surface area contributed by atoms with E-state index in [1.165, 1.54) is 11.8 Å². The van der Waals surface area contributed by atoms with Crippen LogP contribution in [-0.4, -0.2) is 20.7 Å². The van der Waals surface area contributed by atoms with Crippen LogP contribution in [0.1, 0.15) is 24.4 Å². The molecule has 4 nitrogen and oxygen atoms in total. The van der Waals surface area contributed by atoms with E-state index in [2.05, 4.69) is 10.3 Å². The van der Waals surface area contributed by atoms with Gasteiger partial charge in [-0.15, -0.1) is 11.8 Å². The number of hydrogen-bond donors (Lipinski definition) is 1. The van der Waals surface area contributed by atoms with Gasteiger partial charge in [0.15, 0.2) is 0 Å². The number of halogens is 2. The standard InChI is InChI=1S/C20H19Cl2N3OS/c1-13(27-17-12-15(21)8-9-16(17)22)20(26)24-18(14-6-4-3-5-7-14)19-23-10-11-25(19)2/h3-13,18H,1-2H3,(H,24,26). The second-order valence-electron chi connectivity index (χ2n) is 6.08. The number of aryl methyl sites for hydroxylation is 1. The van der Waals surface area contributed by atoms with E-state index < -0.39 is 0 Å². The van der Waals surface area contributed by atoms with E-state index >= 15 is 0 Å². The minimum Gasteiger partial charge on any atom is -0.341 e. The number of rotatable bonds is 6. The van der Waals surface area contributed by atoms with Crippen molar-refractivity contribution in [1.29, 1.82) is 0 Å². The van der Waals surface area contributed by atoms with Crippen LogP contribution in [0.3, 0.4) is 0 Å². The summed E-state index contributed by atoms with van der Waals surface area (Å²) in [6.07, 6.45) is 3.59. The Morgan fingerprint density at radius 3 is 2.59 bits per heavy atom. The summed E-state index contributed by atoms with van der Waals surface area (Å²) in [5.41, 5.74) is 0.970. The lowest BCUT2D eigenvalue weighted by Crippen LogP contribution is -2.36. The first-order chi connectivity index (χ1) is 13.0. The number of hydrogen-bond acceptors (Lipinski definition) is 3. The number of benzene rings is 2. The molecule has 1 heterocycles. The maximum atomic E-state index is 12.9. The molecule has 0 aliphatic heterocycles. The molecule has 7 heteroatoms. The van der Waals surface area contributed by atoms with E-state index in [0.717, 1.165) is 16.3 Å². The highest BCUT2D eigenvalue weighted by Gasteiger charge is 2.24. The molecule has 0 aliphatic carbocycles. The second kappa shape index (κ2) is 8.83. The molecule has 0 saturated carbocycles. The average molecular weight is 420 g/mol. The zero-order chi connectivity index (χ0) is 19.4. The molecule has 0 saturated heterocycles. The van der Waals surface area contributed by atoms with Crippen molar-refractivity contribution in [3.63, 3.8) is 0 Å². The topological polar surface area (TPSA) is 46.9 Å². The van der Waals surface area contributed by atoms with Crippen LogP contribution in [0.4, 0.5) is 0 Å². The molecule has 0 spiro atoms. The smallest absolute Gasteiger partial charge is 0.234 e. The van der Waals surface area contributed by atoms with Crippen molar-refractivity contribution in [2.75, 3.05) is 0 Å². The SMILES string of the molecule is CC(Sc1cc(Cl)ccc1Cl)C(=O)NC(c1ccccc1)c1nccn1C. The number of thioether (sulfide) groups is 1. The fourth-order valence-electron chi connectivity index (χ4n) is 2.67. The molecule has 0 fully saturated rings. The number of imidazole rings is 1. The van der Waals surface area contributed by atoms with Crippen molar-refractivity contribution in [2.45, 2.75) is 23.1 Å². The lowest BCUT2D eigenvalue weighted by Gasteiger charge is -2.21. The summed E-state index contributed by atoms with van der Waals surface area (Å²) in [6, 6.07) is 14.7. The molecule has 2 atom stereocenters. The second-order valence-corrected chi connectivity index (χ2v) is 8.31. The monoisotopic (exact) mass is 419 g/mol. The Kier molecular flexibility index (Phi) is 6.47. The van der Waals surface area contributed by atoms with Gasteiger partial charge in [0.25, 0.3) is 0 Å². The summed E-state index contributed by atoms with van der Waals surface area (Å²) in [4.78, 5) is 18.1. The van der Waals surface area contributed by atoms with Crippen LogP contribution in [0.15, 0.2) is 65.8 Å². The zero-order valence-corrected chi connectivity index (χ0v) is 17.2. The Hall–Kier alpha value is -1.95. The zero-order valence-electron chi connectivity index (χ0n) is 14.9. The van der Waals surface area contributed by atoms with Gasteiger partial charge in [-0.2, -0.15) is 0 Å². The normalized spacial score (nSPS) is 13.2. The van der Waals surface area contributed by atoms with Crippen molar-refractivity contribution in [2.24, 2.45) is 7.05 Å². The number of carbonyl (C=O) groups is 1. The number of nitrogens with one attached hydrogen (secondary N) is 1. The van der Waals surface area contributed by atoms with Crippen molar-refractivity contribution in [3.05, 3.63) is 82.4 Å². The summed E-state index contributed by atoms with van der Waals surface area (Å²) >= 11 is 13.6. The van der Waals surface area contributed by atoms with Gasteiger partial charge in [-0.1, -0.05) is 53.5 Å². The predicted octanol–water partition coefficient (Wildman–Crippen LogP) is 5.11. The number of amides is 1. The lowest BCUT2D eigenvalue weighted by atomic mass is 10.1. The number of carbonyl (C=O) groups excluding carboxylic acids is 1. The Morgan fingerprint density at radius 1 is 1.19 bits per heavy atom. The molecule has 0 bridgehead atoms. The van der Waals surface area contributed by atoms with Gasteiger partial charge in [-0.25, -0.2) is 4.98 Å². The molecule has 0 radical (unpaired) electrons. The summed E-state index contributed by atoms with van der Waals surface area (Å²) in [5, 5.41) is 3.92. The third-order valence-corrected chi connectivity index (χ3v) is 5.94.